The third-order valence-corrected chi connectivity index (χ3v) is 4.58. The summed E-state index contributed by atoms with van der Waals surface area (Å²) in [5, 5.41) is 12.8. The molecule has 0 saturated carbocycles. The summed E-state index contributed by atoms with van der Waals surface area (Å²) in [5.74, 6) is 0. The van der Waals surface area contributed by atoms with E-state index in [1.807, 2.05) is 0 Å². The molecule has 0 spiro atoms. The van der Waals surface area contributed by atoms with Crippen molar-refractivity contribution >= 4 is 10.8 Å². The van der Waals surface area contributed by atoms with Crippen LogP contribution in [0.5, 0.6) is 0 Å². The van der Waals surface area contributed by atoms with Crippen molar-refractivity contribution in [3.63, 3.8) is 0 Å². The first-order chi connectivity index (χ1) is 10.3. The Hall–Kier alpha value is -2.06. The van der Waals surface area contributed by atoms with Crippen LogP contribution >= 0.6 is 0 Å². The van der Waals surface area contributed by atoms with Gasteiger partial charge in [0.2, 0.25) is 0 Å². The highest BCUT2D eigenvalue weighted by Crippen LogP contribution is 2.35. The third kappa shape index (κ3) is 1.90. The SMILES string of the molecule is Cc1cc2c(n1-c1cccc3ccccc13)CCCC2O. The molecule has 1 N–H and O–H groups in total. The molecule has 0 aliphatic heterocycles. The molecule has 1 atom stereocenters. The molecule has 0 bridgehead atoms. The minimum Gasteiger partial charge on any atom is -0.388 e. The predicted octanol–water partition coefficient (Wildman–Crippen LogP) is 4.31. The lowest BCUT2D eigenvalue weighted by Gasteiger charge is -2.21. The van der Waals surface area contributed by atoms with Gasteiger partial charge in [-0.1, -0.05) is 36.4 Å². The molecule has 1 aromatic heterocycles. The molecule has 1 unspecified atom stereocenters. The van der Waals surface area contributed by atoms with E-state index < -0.39 is 0 Å². The molecular formula is C19H19NO. The first-order valence-electron chi connectivity index (χ1n) is 7.63. The predicted molar refractivity (Wildman–Crippen MR) is 85.9 cm³/mol. The smallest absolute Gasteiger partial charge is 0.0807 e. The number of nitrogens with zero attached hydrogens (tertiary/aromatic N) is 1. The van der Waals surface area contributed by atoms with Crippen molar-refractivity contribution in [1.29, 1.82) is 0 Å². The van der Waals surface area contributed by atoms with Crippen molar-refractivity contribution in [1.82, 2.24) is 4.57 Å². The van der Waals surface area contributed by atoms with Crippen molar-refractivity contribution in [3.8, 4) is 5.69 Å². The maximum atomic E-state index is 10.2. The lowest BCUT2D eigenvalue weighted by molar-refractivity contribution is 0.156. The molecule has 2 nitrogen and oxygen atoms in total. The largest absolute Gasteiger partial charge is 0.388 e. The summed E-state index contributed by atoms with van der Waals surface area (Å²) in [6.45, 7) is 2.13. The zero-order valence-corrected chi connectivity index (χ0v) is 12.2. The number of aliphatic hydroxyl groups excluding tert-OH is 1. The maximum absolute atomic E-state index is 10.2. The van der Waals surface area contributed by atoms with E-state index in [-0.39, 0.29) is 6.10 Å². The fourth-order valence-electron chi connectivity index (χ4n) is 3.62. The first kappa shape index (κ1) is 12.7. The monoisotopic (exact) mass is 277 g/mol. The Labute approximate surface area is 124 Å². The Balaban J connectivity index is 2.02. The van der Waals surface area contributed by atoms with Crippen LogP contribution in [0.1, 0.15) is 35.9 Å². The van der Waals surface area contributed by atoms with Crippen LogP contribution < -0.4 is 0 Å². The summed E-state index contributed by atoms with van der Waals surface area (Å²) >= 11 is 0. The summed E-state index contributed by atoms with van der Waals surface area (Å²) in [6.07, 6.45) is 2.68. The molecule has 21 heavy (non-hydrogen) atoms. The Kier molecular flexibility index (Phi) is 2.86. The highest BCUT2D eigenvalue weighted by Gasteiger charge is 2.24. The molecule has 0 fully saturated rings. The number of aromatic nitrogens is 1. The molecule has 4 rings (SSSR count). The van der Waals surface area contributed by atoms with Gasteiger partial charge < -0.3 is 9.67 Å². The summed E-state index contributed by atoms with van der Waals surface area (Å²) in [6, 6.07) is 17.1. The first-order valence-corrected chi connectivity index (χ1v) is 7.63. The zero-order chi connectivity index (χ0) is 14.4. The Morgan fingerprint density at radius 3 is 2.81 bits per heavy atom. The second-order valence-corrected chi connectivity index (χ2v) is 5.93. The molecule has 1 aliphatic rings. The van der Waals surface area contributed by atoms with Gasteiger partial charge in [0.15, 0.2) is 0 Å². The van der Waals surface area contributed by atoms with Crippen LogP contribution in [0, 0.1) is 6.92 Å². The standard InChI is InChI=1S/C19H19NO/c1-13-12-16-18(10-5-11-19(16)21)20(13)17-9-4-7-14-6-2-3-8-15(14)17/h2-4,6-9,12,19,21H,5,10-11H2,1H3. The maximum Gasteiger partial charge on any atom is 0.0807 e. The lowest BCUT2D eigenvalue weighted by atomic mass is 9.95. The second-order valence-electron chi connectivity index (χ2n) is 5.93. The average Bonchev–Trinajstić information content (AvgIpc) is 2.84. The Morgan fingerprint density at radius 2 is 1.90 bits per heavy atom. The van der Waals surface area contributed by atoms with E-state index in [9.17, 15) is 5.11 Å². The van der Waals surface area contributed by atoms with E-state index in [1.165, 1.54) is 27.8 Å². The summed E-state index contributed by atoms with van der Waals surface area (Å²) in [7, 11) is 0. The number of benzene rings is 2. The Bertz CT molecular complexity index is 810. The van der Waals surface area contributed by atoms with Crippen molar-refractivity contribution in [2.45, 2.75) is 32.3 Å². The van der Waals surface area contributed by atoms with Gasteiger partial charge in [-0.05, 0) is 43.7 Å². The van der Waals surface area contributed by atoms with Gasteiger partial charge in [0.05, 0.1) is 11.8 Å². The van der Waals surface area contributed by atoms with Gasteiger partial charge in [-0.3, -0.25) is 0 Å². The molecule has 1 heterocycles. The van der Waals surface area contributed by atoms with Crippen LogP contribution in [0.4, 0.5) is 0 Å². The molecule has 3 aromatic rings. The van der Waals surface area contributed by atoms with Gasteiger partial charge in [-0.15, -0.1) is 0 Å². The topological polar surface area (TPSA) is 25.2 Å². The number of hydrogen-bond donors (Lipinski definition) is 1. The van der Waals surface area contributed by atoms with Crippen molar-refractivity contribution < 1.29 is 5.11 Å². The fraction of sp³-hybridized carbons (Fsp3) is 0.263. The minimum atomic E-state index is -0.302. The number of fused-ring (bicyclic) bond motifs is 2. The van der Waals surface area contributed by atoms with Gasteiger partial charge in [0.1, 0.15) is 0 Å². The van der Waals surface area contributed by atoms with Crippen LogP contribution in [0.3, 0.4) is 0 Å². The van der Waals surface area contributed by atoms with E-state index >= 15 is 0 Å². The number of aryl methyl sites for hydroxylation is 1. The zero-order valence-electron chi connectivity index (χ0n) is 12.2. The van der Waals surface area contributed by atoms with E-state index in [0.717, 1.165) is 24.8 Å². The third-order valence-electron chi connectivity index (χ3n) is 4.58. The molecule has 1 aliphatic carbocycles. The van der Waals surface area contributed by atoms with Crippen LogP contribution in [-0.2, 0) is 6.42 Å². The van der Waals surface area contributed by atoms with Crippen LogP contribution in [0.15, 0.2) is 48.5 Å². The summed E-state index contributed by atoms with van der Waals surface area (Å²) in [4.78, 5) is 0. The number of hydrogen-bond acceptors (Lipinski definition) is 1. The van der Waals surface area contributed by atoms with Gasteiger partial charge >= 0.3 is 0 Å². The van der Waals surface area contributed by atoms with E-state index in [4.69, 9.17) is 0 Å². The minimum absolute atomic E-state index is 0.302. The van der Waals surface area contributed by atoms with Gasteiger partial charge in [-0.25, -0.2) is 0 Å². The van der Waals surface area contributed by atoms with Crippen LogP contribution in [-0.4, -0.2) is 9.67 Å². The fourth-order valence-corrected chi connectivity index (χ4v) is 3.62. The van der Waals surface area contributed by atoms with Crippen LogP contribution in [0.25, 0.3) is 16.5 Å². The molecular weight excluding hydrogens is 258 g/mol. The molecule has 0 saturated heterocycles. The molecule has 106 valence electrons. The van der Waals surface area contributed by atoms with Crippen molar-refractivity contribution in [2.24, 2.45) is 0 Å². The van der Waals surface area contributed by atoms with Crippen molar-refractivity contribution in [2.75, 3.05) is 0 Å². The normalized spacial score (nSPS) is 17.9. The molecule has 2 heteroatoms. The molecule has 2 aromatic carbocycles. The average molecular weight is 277 g/mol. The summed E-state index contributed by atoms with van der Waals surface area (Å²) in [5.41, 5.74) is 4.83. The number of aliphatic hydroxyl groups is 1. The van der Waals surface area contributed by atoms with Crippen molar-refractivity contribution in [3.05, 3.63) is 65.5 Å². The number of rotatable bonds is 1. The van der Waals surface area contributed by atoms with Crippen LogP contribution in [0.2, 0.25) is 0 Å². The molecule has 0 radical (unpaired) electrons. The quantitative estimate of drug-likeness (QED) is 0.704. The van der Waals surface area contributed by atoms with Gasteiger partial charge in [-0.2, -0.15) is 0 Å². The Morgan fingerprint density at radius 1 is 1.10 bits per heavy atom. The van der Waals surface area contributed by atoms with Gasteiger partial charge in [0.25, 0.3) is 0 Å². The van der Waals surface area contributed by atoms with E-state index in [0.29, 0.717) is 0 Å². The van der Waals surface area contributed by atoms with E-state index in [1.54, 1.807) is 0 Å². The summed E-state index contributed by atoms with van der Waals surface area (Å²) < 4.78 is 2.33. The highest BCUT2D eigenvalue weighted by molar-refractivity contribution is 5.90. The van der Waals surface area contributed by atoms with E-state index in [2.05, 4.69) is 60.0 Å². The lowest BCUT2D eigenvalue weighted by Crippen LogP contribution is -2.11. The molecule has 0 amide bonds. The van der Waals surface area contributed by atoms with Gasteiger partial charge in [0, 0.05) is 22.3 Å². The highest BCUT2D eigenvalue weighted by atomic mass is 16.3. The second kappa shape index (κ2) is 4.74.